The van der Waals surface area contributed by atoms with E-state index in [9.17, 15) is 18.0 Å². The van der Waals surface area contributed by atoms with Gasteiger partial charge in [-0.3, -0.25) is 13.9 Å². The molecule has 0 aromatic heterocycles. The first-order valence-electron chi connectivity index (χ1n) is 13.2. The summed E-state index contributed by atoms with van der Waals surface area (Å²) in [4.78, 5) is 28.6. The summed E-state index contributed by atoms with van der Waals surface area (Å²) in [6.07, 6.45) is 0.892. The summed E-state index contributed by atoms with van der Waals surface area (Å²) in [5, 5.41) is 3.47. The van der Waals surface area contributed by atoms with Crippen LogP contribution in [-0.4, -0.2) is 44.3 Å². The molecule has 0 aliphatic carbocycles. The fourth-order valence-electron chi connectivity index (χ4n) is 4.45. The summed E-state index contributed by atoms with van der Waals surface area (Å²) in [5.41, 5.74) is 2.76. The van der Waals surface area contributed by atoms with Crippen LogP contribution in [0.5, 0.6) is 0 Å². The number of rotatable bonds is 12. The molecule has 2 amide bonds. The lowest BCUT2D eigenvalue weighted by Crippen LogP contribution is -2.52. The van der Waals surface area contributed by atoms with Crippen LogP contribution in [-0.2, 0) is 32.6 Å². The van der Waals surface area contributed by atoms with E-state index in [4.69, 9.17) is 23.2 Å². The summed E-state index contributed by atoms with van der Waals surface area (Å²) in [5.74, 6) is -0.842. The summed E-state index contributed by atoms with van der Waals surface area (Å²) >= 11 is 12.3. The van der Waals surface area contributed by atoms with Crippen LogP contribution >= 0.6 is 23.2 Å². The third kappa shape index (κ3) is 7.36. The smallest absolute Gasteiger partial charge is 0.264 e. The first-order valence-corrected chi connectivity index (χ1v) is 15.4. The van der Waals surface area contributed by atoms with Gasteiger partial charge in [0.2, 0.25) is 11.8 Å². The van der Waals surface area contributed by atoms with Gasteiger partial charge in [-0.2, -0.15) is 0 Å². The average molecular weight is 605 g/mol. The minimum absolute atomic E-state index is 0.0409. The molecular formula is C30H35Cl2N3O4S. The number of carbonyl (C=O) groups is 2. The van der Waals surface area contributed by atoms with Crippen molar-refractivity contribution in [1.29, 1.82) is 0 Å². The second-order valence-corrected chi connectivity index (χ2v) is 12.1. The Labute approximate surface area is 247 Å². The van der Waals surface area contributed by atoms with E-state index in [1.54, 1.807) is 49.4 Å². The highest BCUT2D eigenvalue weighted by molar-refractivity contribution is 7.92. The number of anilines is 1. The molecule has 0 bridgehead atoms. The van der Waals surface area contributed by atoms with E-state index in [1.807, 2.05) is 32.9 Å². The van der Waals surface area contributed by atoms with Crippen molar-refractivity contribution in [2.75, 3.05) is 17.4 Å². The Morgan fingerprint density at radius 3 is 2.20 bits per heavy atom. The van der Waals surface area contributed by atoms with Crippen LogP contribution in [0.1, 0.15) is 43.9 Å². The van der Waals surface area contributed by atoms with Crippen molar-refractivity contribution in [1.82, 2.24) is 10.2 Å². The van der Waals surface area contributed by atoms with Gasteiger partial charge in [0, 0.05) is 13.1 Å². The molecule has 0 saturated carbocycles. The van der Waals surface area contributed by atoms with E-state index in [0.717, 1.165) is 15.4 Å². The average Bonchev–Trinajstić information content (AvgIpc) is 2.93. The second kappa shape index (κ2) is 14.0. The van der Waals surface area contributed by atoms with Gasteiger partial charge in [-0.1, -0.05) is 79.0 Å². The second-order valence-electron chi connectivity index (χ2n) is 9.40. The molecule has 0 spiro atoms. The topological polar surface area (TPSA) is 86.8 Å². The molecule has 40 heavy (non-hydrogen) atoms. The molecule has 0 fully saturated rings. The van der Waals surface area contributed by atoms with Gasteiger partial charge in [0.25, 0.3) is 10.0 Å². The van der Waals surface area contributed by atoms with Gasteiger partial charge in [-0.15, -0.1) is 0 Å². The molecule has 0 radical (unpaired) electrons. The highest BCUT2D eigenvalue weighted by Gasteiger charge is 2.34. The number of likely N-dealkylation sites (N-methyl/N-ethyl adjacent to an activating group) is 1. The number of nitrogens with one attached hydrogen (secondary N) is 1. The number of sulfonamides is 1. The van der Waals surface area contributed by atoms with E-state index in [-0.39, 0.29) is 17.3 Å². The van der Waals surface area contributed by atoms with Crippen LogP contribution in [0.15, 0.2) is 71.6 Å². The number of carbonyl (C=O) groups excluding carboxylic acids is 2. The Balaban J connectivity index is 2.11. The molecular weight excluding hydrogens is 569 g/mol. The van der Waals surface area contributed by atoms with Crippen LogP contribution in [0.4, 0.5) is 5.69 Å². The Morgan fingerprint density at radius 1 is 0.925 bits per heavy atom. The van der Waals surface area contributed by atoms with E-state index >= 15 is 0 Å². The number of hydrogen-bond acceptors (Lipinski definition) is 4. The maximum Gasteiger partial charge on any atom is 0.264 e. The maximum atomic E-state index is 14.1. The molecule has 0 saturated heterocycles. The van der Waals surface area contributed by atoms with Gasteiger partial charge in [-0.25, -0.2) is 8.42 Å². The largest absolute Gasteiger partial charge is 0.355 e. The van der Waals surface area contributed by atoms with Gasteiger partial charge in [0.1, 0.15) is 12.6 Å². The Morgan fingerprint density at radius 2 is 1.60 bits per heavy atom. The molecule has 1 N–H and O–H groups in total. The molecule has 3 aromatic carbocycles. The van der Waals surface area contributed by atoms with Crippen LogP contribution < -0.4 is 9.62 Å². The number of amides is 2. The van der Waals surface area contributed by atoms with Gasteiger partial charge >= 0.3 is 0 Å². The molecule has 0 heterocycles. The highest BCUT2D eigenvalue weighted by Crippen LogP contribution is 2.29. The molecule has 1 atom stereocenters. The molecule has 3 rings (SSSR count). The number of halogens is 2. The minimum Gasteiger partial charge on any atom is -0.355 e. The Bertz CT molecular complexity index is 1450. The SMILES string of the molecule is CCNC(=O)[C@@H](CC)N(Cc1ccc(Cl)c(Cl)c1)C(=O)CN(c1ccccc1CC)S(=O)(=O)c1ccc(C)cc1. The van der Waals surface area contributed by atoms with E-state index < -0.39 is 28.5 Å². The van der Waals surface area contributed by atoms with Gasteiger partial charge < -0.3 is 10.2 Å². The zero-order chi connectivity index (χ0) is 29.4. The first-order chi connectivity index (χ1) is 19.0. The molecule has 3 aromatic rings. The molecule has 0 unspecified atom stereocenters. The van der Waals surface area contributed by atoms with Gasteiger partial charge in [-0.05, 0) is 68.1 Å². The predicted molar refractivity (Wildman–Crippen MR) is 161 cm³/mol. The number of para-hydroxylation sites is 1. The standard InChI is InChI=1S/C30H35Cl2N3O4S/c1-5-23-10-8-9-11-28(23)35(40(38,39)24-15-12-21(4)13-16-24)20-29(36)34(27(6-2)30(37)33-7-3)19-22-14-17-25(31)26(32)18-22/h8-18,27H,5-7,19-20H2,1-4H3,(H,33,37)/t27-/m1/s1. The van der Waals surface area contributed by atoms with Crippen molar-refractivity contribution in [2.24, 2.45) is 0 Å². The third-order valence-corrected chi connectivity index (χ3v) is 9.12. The molecule has 10 heteroatoms. The summed E-state index contributed by atoms with van der Waals surface area (Å²) in [6, 6.07) is 17.8. The van der Waals surface area contributed by atoms with Crippen LogP contribution in [0, 0.1) is 6.92 Å². The molecule has 0 aliphatic heterocycles. The third-order valence-electron chi connectivity index (χ3n) is 6.60. The van der Waals surface area contributed by atoms with Crippen molar-refractivity contribution in [3.05, 3.63) is 93.5 Å². The minimum atomic E-state index is -4.13. The van der Waals surface area contributed by atoms with Crippen LogP contribution in [0.3, 0.4) is 0 Å². The summed E-state index contributed by atoms with van der Waals surface area (Å²) in [6.45, 7) is 7.34. The van der Waals surface area contributed by atoms with Crippen molar-refractivity contribution >= 4 is 50.7 Å². The van der Waals surface area contributed by atoms with Crippen LogP contribution in [0.25, 0.3) is 0 Å². The van der Waals surface area contributed by atoms with Crippen molar-refractivity contribution in [3.63, 3.8) is 0 Å². The first kappa shape index (κ1) is 31.5. The number of hydrogen-bond donors (Lipinski definition) is 1. The lowest BCUT2D eigenvalue weighted by Gasteiger charge is -2.33. The zero-order valence-corrected chi connectivity index (χ0v) is 25.5. The molecule has 7 nitrogen and oxygen atoms in total. The monoisotopic (exact) mass is 603 g/mol. The fraction of sp³-hybridized carbons (Fsp3) is 0.333. The lowest BCUT2D eigenvalue weighted by atomic mass is 10.1. The number of benzene rings is 3. The summed E-state index contributed by atoms with van der Waals surface area (Å²) < 4.78 is 29.2. The van der Waals surface area contributed by atoms with Crippen molar-refractivity contribution in [3.8, 4) is 0 Å². The summed E-state index contributed by atoms with van der Waals surface area (Å²) in [7, 11) is -4.13. The van der Waals surface area contributed by atoms with E-state index in [2.05, 4.69) is 5.32 Å². The predicted octanol–water partition coefficient (Wildman–Crippen LogP) is 6.00. The fourth-order valence-corrected chi connectivity index (χ4v) is 6.22. The molecule has 0 aliphatic rings. The number of nitrogens with zero attached hydrogens (tertiary/aromatic N) is 2. The van der Waals surface area contributed by atoms with Crippen molar-refractivity contribution < 1.29 is 18.0 Å². The van der Waals surface area contributed by atoms with Gasteiger partial charge in [0.05, 0.1) is 20.6 Å². The van der Waals surface area contributed by atoms with E-state index in [0.29, 0.717) is 40.7 Å². The van der Waals surface area contributed by atoms with Crippen LogP contribution in [0.2, 0.25) is 10.0 Å². The highest BCUT2D eigenvalue weighted by atomic mass is 35.5. The van der Waals surface area contributed by atoms with E-state index in [1.165, 1.54) is 17.0 Å². The Kier molecular flexibility index (Phi) is 11.0. The normalized spacial score (nSPS) is 12.1. The van der Waals surface area contributed by atoms with Gasteiger partial charge in [0.15, 0.2) is 0 Å². The quantitative estimate of drug-likeness (QED) is 0.275. The lowest BCUT2D eigenvalue weighted by molar-refractivity contribution is -0.140. The Hall–Kier alpha value is -3.07. The molecule has 214 valence electrons. The number of aryl methyl sites for hydroxylation is 2. The zero-order valence-electron chi connectivity index (χ0n) is 23.2. The maximum absolute atomic E-state index is 14.1. The van der Waals surface area contributed by atoms with Crippen molar-refractivity contribution in [2.45, 2.75) is 58.0 Å².